The fourth-order valence-corrected chi connectivity index (χ4v) is 3.63. The van der Waals surface area contributed by atoms with Crippen LogP contribution >= 0.6 is 0 Å². The molecule has 0 atom stereocenters. The molecule has 0 fully saturated rings. The van der Waals surface area contributed by atoms with Gasteiger partial charge in [0, 0.05) is 13.1 Å². The summed E-state index contributed by atoms with van der Waals surface area (Å²) in [7, 11) is 2.28. The third kappa shape index (κ3) is 3.26. The Morgan fingerprint density at radius 3 is 2.04 bits per heavy atom. The van der Waals surface area contributed by atoms with Gasteiger partial charge in [0.15, 0.2) is 0 Å². The molecule has 2 aromatic rings. The van der Waals surface area contributed by atoms with Crippen LogP contribution in [0, 0.1) is 6.92 Å². The van der Waals surface area contributed by atoms with E-state index >= 15 is 0 Å². The Morgan fingerprint density at radius 2 is 1.50 bits per heavy atom. The number of hydrogen-bond donors (Lipinski definition) is 0. The summed E-state index contributed by atoms with van der Waals surface area (Å²) in [4.78, 5) is 0.174. The van der Waals surface area contributed by atoms with Crippen molar-refractivity contribution in [1.29, 1.82) is 0 Å². The van der Waals surface area contributed by atoms with Gasteiger partial charge in [0.2, 0.25) is 0 Å². The Balaban J connectivity index is 2.51. The molecule has 0 saturated carbocycles. The molecule has 0 aliphatic carbocycles. The second-order valence-electron chi connectivity index (χ2n) is 5.14. The Labute approximate surface area is 142 Å². The number of rotatable bonds is 6. The number of hydrogen-bond acceptors (Lipinski definition) is 5. The standard InChI is InChI=1S/C17H21NO5S/c1-12-10-14(7-9-16(12)22-4)24(19,20)18(2)15-11-13(21-3)6-8-17(15)23-5/h6-11H,1-5H3. The van der Waals surface area contributed by atoms with Crippen molar-refractivity contribution in [1.82, 2.24) is 0 Å². The number of ether oxygens (including phenoxy) is 3. The Hall–Kier alpha value is -2.41. The molecule has 0 spiro atoms. The molecule has 0 radical (unpaired) electrons. The summed E-state index contributed by atoms with van der Waals surface area (Å²) in [5.74, 6) is 1.61. The van der Waals surface area contributed by atoms with Crippen LogP contribution in [0.15, 0.2) is 41.3 Å². The van der Waals surface area contributed by atoms with Gasteiger partial charge in [0.1, 0.15) is 17.2 Å². The second-order valence-corrected chi connectivity index (χ2v) is 7.11. The lowest BCUT2D eigenvalue weighted by Gasteiger charge is -2.22. The average molecular weight is 351 g/mol. The number of aryl methyl sites for hydroxylation is 1. The Kier molecular flexibility index (Phi) is 5.23. The van der Waals surface area contributed by atoms with E-state index in [0.29, 0.717) is 22.9 Å². The van der Waals surface area contributed by atoms with E-state index in [0.717, 1.165) is 5.56 Å². The largest absolute Gasteiger partial charge is 0.497 e. The normalized spacial score (nSPS) is 11.0. The van der Waals surface area contributed by atoms with Gasteiger partial charge in [-0.15, -0.1) is 0 Å². The summed E-state index contributed by atoms with van der Waals surface area (Å²) in [5, 5.41) is 0. The number of anilines is 1. The molecule has 0 aliphatic rings. The highest BCUT2D eigenvalue weighted by Crippen LogP contribution is 2.35. The monoisotopic (exact) mass is 351 g/mol. The predicted molar refractivity (Wildman–Crippen MR) is 92.9 cm³/mol. The Morgan fingerprint density at radius 1 is 0.875 bits per heavy atom. The van der Waals surface area contributed by atoms with Gasteiger partial charge in [-0.2, -0.15) is 0 Å². The first-order chi connectivity index (χ1) is 11.3. The van der Waals surface area contributed by atoms with E-state index in [1.54, 1.807) is 44.4 Å². The molecule has 2 rings (SSSR count). The Bertz CT molecular complexity index is 833. The van der Waals surface area contributed by atoms with Crippen LogP contribution in [0.1, 0.15) is 5.56 Å². The molecule has 2 aromatic carbocycles. The number of methoxy groups -OCH3 is 3. The van der Waals surface area contributed by atoms with Crippen LogP contribution in [-0.4, -0.2) is 36.8 Å². The highest BCUT2D eigenvalue weighted by atomic mass is 32.2. The van der Waals surface area contributed by atoms with Gasteiger partial charge in [-0.1, -0.05) is 0 Å². The third-order valence-corrected chi connectivity index (χ3v) is 5.52. The number of nitrogens with zero attached hydrogens (tertiary/aromatic N) is 1. The summed E-state index contributed by atoms with van der Waals surface area (Å²) in [6.07, 6.45) is 0. The van der Waals surface area contributed by atoms with Gasteiger partial charge in [-0.05, 0) is 42.8 Å². The topological polar surface area (TPSA) is 65.1 Å². The summed E-state index contributed by atoms with van der Waals surface area (Å²) in [5.41, 5.74) is 1.13. The first kappa shape index (κ1) is 17.9. The molecule has 0 unspecified atom stereocenters. The van der Waals surface area contributed by atoms with Gasteiger partial charge in [0.05, 0.1) is 31.9 Å². The van der Waals surface area contributed by atoms with Crippen LogP contribution < -0.4 is 18.5 Å². The lowest BCUT2D eigenvalue weighted by atomic mass is 10.2. The zero-order valence-electron chi connectivity index (χ0n) is 14.4. The molecule has 24 heavy (non-hydrogen) atoms. The summed E-state index contributed by atoms with van der Waals surface area (Å²) >= 11 is 0. The van der Waals surface area contributed by atoms with E-state index < -0.39 is 10.0 Å². The van der Waals surface area contributed by atoms with Crippen molar-refractivity contribution in [2.24, 2.45) is 0 Å². The molecule has 0 N–H and O–H groups in total. The van der Waals surface area contributed by atoms with E-state index in [2.05, 4.69) is 0 Å². The van der Waals surface area contributed by atoms with E-state index in [-0.39, 0.29) is 4.90 Å². The SMILES string of the molecule is COc1ccc(OC)c(N(C)S(=O)(=O)c2ccc(OC)c(C)c2)c1. The van der Waals surface area contributed by atoms with Crippen LogP contribution in [0.4, 0.5) is 5.69 Å². The van der Waals surface area contributed by atoms with Crippen molar-refractivity contribution in [3.05, 3.63) is 42.0 Å². The zero-order chi connectivity index (χ0) is 17.9. The fraction of sp³-hybridized carbons (Fsp3) is 0.294. The summed E-state index contributed by atoms with van der Waals surface area (Å²) in [6.45, 7) is 1.80. The molecule has 130 valence electrons. The zero-order valence-corrected chi connectivity index (χ0v) is 15.2. The minimum atomic E-state index is -3.75. The van der Waals surface area contributed by atoms with Crippen LogP contribution in [0.25, 0.3) is 0 Å². The molecule has 0 aliphatic heterocycles. The molecular weight excluding hydrogens is 330 g/mol. The van der Waals surface area contributed by atoms with E-state index in [1.165, 1.54) is 31.6 Å². The summed E-state index contributed by atoms with van der Waals surface area (Å²) < 4.78 is 42.7. The number of sulfonamides is 1. The molecule has 0 heterocycles. The summed E-state index contributed by atoms with van der Waals surface area (Å²) in [6, 6.07) is 9.73. The molecule has 0 amide bonds. The van der Waals surface area contributed by atoms with Crippen LogP contribution in [0.5, 0.6) is 17.2 Å². The third-order valence-electron chi connectivity index (χ3n) is 3.75. The molecule has 0 aromatic heterocycles. The van der Waals surface area contributed by atoms with E-state index in [4.69, 9.17) is 14.2 Å². The van der Waals surface area contributed by atoms with Crippen LogP contribution in [-0.2, 0) is 10.0 Å². The first-order valence-electron chi connectivity index (χ1n) is 7.20. The van der Waals surface area contributed by atoms with Crippen LogP contribution in [0.3, 0.4) is 0 Å². The van der Waals surface area contributed by atoms with Gasteiger partial charge < -0.3 is 14.2 Å². The first-order valence-corrected chi connectivity index (χ1v) is 8.64. The van der Waals surface area contributed by atoms with Crippen molar-refractivity contribution in [3.63, 3.8) is 0 Å². The molecule has 6 nitrogen and oxygen atoms in total. The van der Waals surface area contributed by atoms with E-state index in [9.17, 15) is 8.42 Å². The minimum Gasteiger partial charge on any atom is -0.497 e. The fourth-order valence-electron chi connectivity index (χ4n) is 2.34. The van der Waals surface area contributed by atoms with Crippen molar-refractivity contribution < 1.29 is 22.6 Å². The lowest BCUT2D eigenvalue weighted by Crippen LogP contribution is -2.27. The van der Waals surface area contributed by atoms with Gasteiger partial charge >= 0.3 is 0 Å². The molecular formula is C17H21NO5S. The second kappa shape index (κ2) is 7.00. The van der Waals surface area contributed by atoms with Gasteiger partial charge in [-0.25, -0.2) is 8.42 Å². The minimum absolute atomic E-state index is 0.174. The number of benzene rings is 2. The molecule has 0 saturated heterocycles. The predicted octanol–water partition coefficient (Wildman–Crippen LogP) is 2.85. The van der Waals surface area contributed by atoms with Crippen molar-refractivity contribution in [2.45, 2.75) is 11.8 Å². The average Bonchev–Trinajstić information content (AvgIpc) is 2.60. The van der Waals surface area contributed by atoms with Crippen molar-refractivity contribution >= 4 is 15.7 Å². The maximum absolute atomic E-state index is 12.9. The highest BCUT2D eigenvalue weighted by molar-refractivity contribution is 7.92. The quantitative estimate of drug-likeness (QED) is 0.801. The smallest absolute Gasteiger partial charge is 0.264 e. The van der Waals surface area contributed by atoms with Crippen molar-refractivity contribution in [2.75, 3.05) is 32.7 Å². The molecule has 0 bridgehead atoms. The maximum atomic E-state index is 12.9. The maximum Gasteiger partial charge on any atom is 0.264 e. The van der Waals surface area contributed by atoms with Crippen molar-refractivity contribution in [3.8, 4) is 17.2 Å². The highest BCUT2D eigenvalue weighted by Gasteiger charge is 2.25. The van der Waals surface area contributed by atoms with Gasteiger partial charge in [0.25, 0.3) is 10.0 Å². The van der Waals surface area contributed by atoms with Gasteiger partial charge in [-0.3, -0.25) is 4.31 Å². The van der Waals surface area contributed by atoms with Crippen LogP contribution in [0.2, 0.25) is 0 Å². The lowest BCUT2D eigenvalue weighted by molar-refractivity contribution is 0.404. The van der Waals surface area contributed by atoms with E-state index in [1.807, 2.05) is 0 Å². The molecule has 7 heteroatoms.